The van der Waals surface area contributed by atoms with Crippen molar-refractivity contribution in [2.24, 2.45) is 0 Å². The number of aromatic hydroxyl groups is 1. The Bertz CT molecular complexity index is 729. The molecule has 7 heteroatoms. The molecule has 0 atom stereocenters. The molecule has 0 aliphatic carbocycles. The Labute approximate surface area is 121 Å². The van der Waals surface area contributed by atoms with Crippen LogP contribution < -0.4 is 0 Å². The third-order valence-electron chi connectivity index (χ3n) is 2.96. The fourth-order valence-corrected chi connectivity index (χ4v) is 3.47. The highest BCUT2D eigenvalue weighted by Crippen LogP contribution is 2.22. The third-order valence-corrected chi connectivity index (χ3v) is 4.48. The van der Waals surface area contributed by atoms with E-state index >= 15 is 0 Å². The highest BCUT2D eigenvalue weighted by molar-refractivity contribution is 7.89. The third kappa shape index (κ3) is 3.99. The zero-order valence-electron chi connectivity index (χ0n) is 11.0. The average Bonchev–Trinajstić information content (AvgIpc) is 2.41. The van der Waals surface area contributed by atoms with Crippen LogP contribution in [0.1, 0.15) is 16.7 Å². The molecule has 0 unspecified atom stereocenters. The van der Waals surface area contributed by atoms with Gasteiger partial charge in [0.15, 0.2) is 9.84 Å². The van der Waals surface area contributed by atoms with Crippen LogP contribution in [0.5, 0.6) is 5.75 Å². The fraction of sp³-hybridized carbons (Fsp3) is 0.214. The number of benzene rings is 1. The fourth-order valence-electron chi connectivity index (χ4n) is 1.95. The number of sulfone groups is 1. The van der Waals surface area contributed by atoms with Gasteiger partial charge in [0.25, 0.3) is 0 Å². The lowest BCUT2D eigenvalue weighted by Gasteiger charge is -2.09. The van der Waals surface area contributed by atoms with Gasteiger partial charge in [-0.05, 0) is 23.3 Å². The first-order valence-electron chi connectivity index (χ1n) is 6.12. The number of halogens is 1. The molecule has 0 bridgehead atoms. The van der Waals surface area contributed by atoms with Crippen molar-refractivity contribution >= 4 is 9.84 Å². The molecular weight excluding hydrogens is 297 g/mol. The van der Waals surface area contributed by atoms with Crippen molar-refractivity contribution in [1.82, 2.24) is 4.98 Å². The molecule has 2 rings (SSSR count). The molecule has 0 spiro atoms. The number of pyridine rings is 1. The van der Waals surface area contributed by atoms with E-state index in [9.17, 15) is 23.0 Å². The normalized spacial score (nSPS) is 11.5. The Balaban J connectivity index is 2.22. The zero-order chi connectivity index (χ0) is 15.5. The van der Waals surface area contributed by atoms with Gasteiger partial charge in [0.1, 0.15) is 11.6 Å². The molecule has 1 aromatic carbocycles. The Morgan fingerprint density at radius 2 is 1.76 bits per heavy atom. The monoisotopic (exact) mass is 311 g/mol. The molecule has 0 saturated carbocycles. The molecule has 0 fully saturated rings. The minimum Gasteiger partial charge on any atom is -0.506 e. The molecule has 0 saturated heterocycles. The number of aliphatic hydroxyl groups is 1. The van der Waals surface area contributed by atoms with Gasteiger partial charge in [0, 0.05) is 11.8 Å². The van der Waals surface area contributed by atoms with E-state index in [2.05, 4.69) is 4.98 Å². The van der Waals surface area contributed by atoms with Crippen LogP contribution >= 0.6 is 0 Å². The molecule has 0 aliphatic heterocycles. The van der Waals surface area contributed by atoms with E-state index in [1.807, 2.05) is 0 Å². The van der Waals surface area contributed by atoms with Gasteiger partial charge >= 0.3 is 0 Å². The molecule has 1 heterocycles. The predicted octanol–water partition coefficient (Wildman–Crippen LogP) is 1.53. The molecule has 2 aromatic rings. The maximum atomic E-state index is 12.8. The molecular formula is C14H14FNO4S. The van der Waals surface area contributed by atoms with Crippen molar-refractivity contribution in [3.8, 4) is 5.75 Å². The van der Waals surface area contributed by atoms with Gasteiger partial charge in [0.05, 0.1) is 24.3 Å². The van der Waals surface area contributed by atoms with E-state index in [0.717, 1.165) is 6.20 Å². The van der Waals surface area contributed by atoms with Crippen LogP contribution in [0.2, 0.25) is 0 Å². The maximum Gasteiger partial charge on any atom is 0.158 e. The van der Waals surface area contributed by atoms with Gasteiger partial charge in [0.2, 0.25) is 0 Å². The van der Waals surface area contributed by atoms with Gasteiger partial charge in [-0.2, -0.15) is 0 Å². The largest absolute Gasteiger partial charge is 0.506 e. The summed E-state index contributed by atoms with van der Waals surface area (Å²) in [5, 5.41) is 18.7. The van der Waals surface area contributed by atoms with Crippen LogP contribution in [0.15, 0.2) is 36.7 Å². The topological polar surface area (TPSA) is 87.5 Å². The number of hydrogen-bond acceptors (Lipinski definition) is 5. The minimum absolute atomic E-state index is 0.146. The Hall–Kier alpha value is -1.99. The molecule has 5 nitrogen and oxygen atoms in total. The second-order valence-corrected chi connectivity index (χ2v) is 6.68. The summed E-state index contributed by atoms with van der Waals surface area (Å²) in [7, 11) is -3.53. The first-order chi connectivity index (χ1) is 9.91. The van der Waals surface area contributed by atoms with Crippen molar-refractivity contribution in [3.63, 3.8) is 0 Å². The van der Waals surface area contributed by atoms with E-state index < -0.39 is 22.3 Å². The standard InChI is InChI=1S/C14H14FNO4S/c15-12-3-1-10(2-4-12)8-21(19,20)9-11-5-16-6-14(18)13(11)7-17/h1-6,17-18H,7-9H2. The van der Waals surface area contributed by atoms with Crippen molar-refractivity contribution in [2.45, 2.75) is 18.1 Å². The summed E-state index contributed by atoms with van der Waals surface area (Å²) in [6.45, 7) is -0.476. The van der Waals surface area contributed by atoms with Gasteiger partial charge < -0.3 is 10.2 Å². The van der Waals surface area contributed by atoms with Gasteiger partial charge in [-0.15, -0.1) is 0 Å². The van der Waals surface area contributed by atoms with Crippen molar-refractivity contribution in [2.75, 3.05) is 0 Å². The number of nitrogens with zero attached hydrogens (tertiary/aromatic N) is 1. The van der Waals surface area contributed by atoms with E-state index in [1.165, 1.54) is 30.5 Å². The Morgan fingerprint density at radius 1 is 1.10 bits per heavy atom. The lowest BCUT2D eigenvalue weighted by Crippen LogP contribution is -2.10. The van der Waals surface area contributed by atoms with Gasteiger partial charge in [-0.25, -0.2) is 12.8 Å². The molecule has 0 amide bonds. The number of aliphatic hydroxyl groups excluding tert-OH is 1. The maximum absolute atomic E-state index is 12.8. The van der Waals surface area contributed by atoms with Crippen LogP contribution in [0.25, 0.3) is 0 Å². The Morgan fingerprint density at radius 3 is 2.38 bits per heavy atom. The predicted molar refractivity (Wildman–Crippen MR) is 74.6 cm³/mol. The number of rotatable bonds is 5. The number of hydrogen-bond donors (Lipinski definition) is 2. The van der Waals surface area contributed by atoms with Crippen LogP contribution in [0, 0.1) is 5.82 Å². The van der Waals surface area contributed by atoms with E-state index in [4.69, 9.17) is 0 Å². The van der Waals surface area contributed by atoms with E-state index in [0.29, 0.717) is 5.56 Å². The summed E-state index contributed by atoms with van der Waals surface area (Å²) in [5.41, 5.74) is 0.863. The smallest absolute Gasteiger partial charge is 0.158 e. The molecule has 1 aromatic heterocycles. The Kier molecular flexibility index (Phi) is 4.54. The second-order valence-electron chi connectivity index (χ2n) is 4.61. The molecule has 0 radical (unpaired) electrons. The summed E-state index contributed by atoms with van der Waals surface area (Å²) >= 11 is 0. The van der Waals surface area contributed by atoms with Crippen molar-refractivity contribution in [1.29, 1.82) is 0 Å². The summed E-state index contributed by atoms with van der Waals surface area (Å²) in [5.74, 6) is -1.29. The molecule has 0 aliphatic rings. The highest BCUT2D eigenvalue weighted by atomic mass is 32.2. The van der Waals surface area contributed by atoms with Crippen LogP contribution in [-0.4, -0.2) is 23.6 Å². The van der Waals surface area contributed by atoms with Crippen molar-refractivity contribution < 1.29 is 23.0 Å². The van der Waals surface area contributed by atoms with Crippen molar-refractivity contribution in [3.05, 3.63) is 59.2 Å². The van der Waals surface area contributed by atoms with Crippen LogP contribution in [0.4, 0.5) is 4.39 Å². The van der Waals surface area contributed by atoms with Crippen LogP contribution in [-0.2, 0) is 27.9 Å². The van der Waals surface area contributed by atoms with Crippen LogP contribution in [0.3, 0.4) is 0 Å². The number of aromatic nitrogens is 1. The molecule has 2 N–H and O–H groups in total. The van der Waals surface area contributed by atoms with Gasteiger partial charge in [-0.3, -0.25) is 4.98 Å². The molecule has 112 valence electrons. The summed E-state index contributed by atoms with van der Waals surface area (Å²) < 4.78 is 37.1. The van der Waals surface area contributed by atoms with Gasteiger partial charge in [-0.1, -0.05) is 12.1 Å². The SMILES string of the molecule is O=S(=O)(Cc1ccc(F)cc1)Cc1cncc(O)c1CO. The highest BCUT2D eigenvalue weighted by Gasteiger charge is 2.17. The lowest BCUT2D eigenvalue weighted by molar-refractivity contribution is 0.274. The summed E-state index contributed by atoms with van der Waals surface area (Å²) in [6.07, 6.45) is 2.44. The first-order valence-corrected chi connectivity index (χ1v) is 7.94. The summed E-state index contributed by atoms with van der Waals surface area (Å²) in [4.78, 5) is 3.72. The average molecular weight is 311 g/mol. The first kappa shape index (κ1) is 15.4. The minimum atomic E-state index is -3.53. The lowest BCUT2D eigenvalue weighted by atomic mass is 10.1. The molecule has 21 heavy (non-hydrogen) atoms. The summed E-state index contributed by atoms with van der Waals surface area (Å²) in [6, 6.07) is 5.20. The van der Waals surface area contributed by atoms with E-state index in [1.54, 1.807) is 0 Å². The quantitative estimate of drug-likeness (QED) is 0.874. The van der Waals surface area contributed by atoms with E-state index in [-0.39, 0.29) is 28.4 Å². The second kappa shape index (κ2) is 6.19. The zero-order valence-corrected chi connectivity index (χ0v) is 11.8.